The lowest BCUT2D eigenvalue weighted by Crippen LogP contribution is -2.48. The molecule has 0 atom stereocenters. The number of anilines is 1. The molecule has 6 heteroatoms. The van der Waals surface area contributed by atoms with E-state index in [1.54, 1.807) is 5.01 Å². The Balaban J connectivity index is 1.96. The second-order valence-electron chi connectivity index (χ2n) is 5.34. The predicted octanol–water partition coefficient (Wildman–Crippen LogP) is 2.92. The molecule has 1 fully saturated rings. The van der Waals surface area contributed by atoms with E-state index >= 15 is 0 Å². The lowest BCUT2D eigenvalue weighted by atomic mass is 10.2. The summed E-state index contributed by atoms with van der Waals surface area (Å²) < 4.78 is 32.4. The molecule has 0 radical (unpaired) electrons. The molecular formula is C17H18F2N2O2. The number of phenols is 1. The first-order valence-corrected chi connectivity index (χ1v) is 7.48. The maximum absolute atomic E-state index is 13.8. The van der Waals surface area contributed by atoms with Crippen LogP contribution >= 0.6 is 0 Å². The van der Waals surface area contributed by atoms with Crippen LogP contribution < -0.4 is 5.01 Å². The van der Waals surface area contributed by atoms with Crippen molar-refractivity contribution in [2.24, 2.45) is 0 Å². The summed E-state index contributed by atoms with van der Waals surface area (Å²) in [6, 6.07) is 12.1. The molecule has 0 saturated carbocycles. The molecule has 23 heavy (non-hydrogen) atoms. The van der Waals surface area contributed by atoms with Crippen molar-refractivity contribution in [1.29, 1.82) is 0 Å². The van der Waals surface area contributed by atoms with Crippen molar-refractivity contribution in [1.82, 2.24) is 5.01 Å². The molecule has 0 amide bonds. The summed E-state index contributed by atoms with van der Waals surface area (Å²) in [5.41, 5.74) is 1.25. The van der Waals surface area contributed by atoms with Crippen LogP contribution in [-0.4, -0.2) is 36.4 Å². The quantitative estimate of drug-likeness (QED) is 0.940. The highest BCUT2D eigenvalue weighted by atomic mass is 19.2. The Kier molecular flexibility index (Phi) is 4.73. The highest BCUT2D eigenvalue weighted by molar-refractivity contribution is 5.58. The van der Waals surface area contributed by atoms with Gasteiger partial charge in [0.25, 0.3) is 0 Å². The number of morpholine rings is 1. The number of hydrogen-bond donors (Lipinski definition) is 1. The van der Waals surface area contributed by atoms with Crippen LogP contribution in [0.25, 0.3) is 0 Å². The summed E-state index contributed by atoms with van der Waals surface area (Å²) in [5, 5.41) is 13.8. The minimum atomic E-state index is -1.23. The van der Waals surface area contributed by atoms with Gasteiger partial charge in [-0.05, 0) is 17.7 Å². The fourth-order valence-electron chi connectivity index (χ4n) is 2.63. The maximum Gasteiger partial charge on any atom is 0.202 e. The second-order valence-corrected chi connectivity index (χ2v) is 5.34. The van der Waals surface area contributed by atoms with Gasteiger partial charge in [0.15, 0.2) is 11.6 Å². The molecular weight excluding hydrogens is 302 g/mol. The molecule has 0 bridgehead atoms. The topological polar surface area (TPSA) is 35.9 Å². The number of rotatable bonds is 4. The van der Waals surface area contributed by atoms with E-state index < -0.39 is 17.4 Å². The summed E-state index contributed by atoms with van der Waals surface area (Å²) in [7, 11) is 0. The highest BCUT2D eigenvalue weighted by Crippen LogP contribution is 2.33. The Morgan fingerprint density at radius 2 is 1.74 bits per heavy atom. The summed E-state index contributed by atoms with van der Waals surface area (Å²) >= 11 is 0. The number of ether oxygens (including phenoxy) is 1. The number of benzene rings is 2. The number of nitrogens with zero attached hydrogens (tertiary/aromatic N) is 2. The van der Waals surface area contributed by atoms with E-state index in [-0.39, 0.29) is 5.69 Å². The number of hydrazine groups is 1. The van der Waals surface area contributed by atoms with Crippen LogP contribution in [0.5, 0.6) is 5.75 Å². The van der Waals surface area contributed by atoms with E-state index in [9.17, 15) is 13.9 Å². The largest absolute Gasteiger partial charge is 0.503 e. The molecule has 2 aromatic carbocycles. The summed E-state index contributed by atoms with van der Waals surface area (Å²) in [4.78, 5) is 0. The van der Waals surface area contributed by atoms with E-state index in [0.29, 0.717) is 32.8 Å². The van der Waals surface area contributed by atoms with Gasteiger partial charge in [0.05, 0.1) is 25.4 Å². The summed E-state index contributed by atoms with van der Waals surface area (Å²) in [6.07, 6.45) is 0. The minimum absolute atomic E-state index is 0.245. The van der Waals surface area contributed by atoms with E-state index in [2.05, 4.69) is 0 Å². The molecule has 1 N–H and O–H groups in total. The number of phenolic OH excluding ortho intramolecular Hbond substituents is 1. The molecule has 0 aliphatic carbocycles. The van der Waals surface area contributed by atoms with E-state index in [0.717, 1.165) is 11.6 Å². The van der Waals surface area contributed by atoms with Crippen LogP contribution in [0.3, 0.4) is 0 Å². The van der Waals surface area contributed by atoms with E-state index in [1.807, 2.05) is 35.3 Å². The average molecular weight is 320 g/mol. The highest BCUT2D eigenvalue weighted by Gasteiger charge is 2.24. The molecule has 0 unspecified atom stereocenters. The van der Waals surface area contributed by atoms with Crippen LogP contribution in [0.4, 0.5) is 14.5 Å². The zero-order chi connectivity index (χ0) is 16.2. The van der Waals surface area contributed by atoms with Gasteiger partial charge in [-0.3, -0.25) is 5.01 Å². The Morgan fingerprint density at radius 1 is 1.04 bits per heavy atom. The van der Waals surface area contributed by atoms with Gasteiger partial charge < -0.3 is 9.84 Å². The van der Waals surface area contributed by atoms with Crippen molar-refractivity contribution in [2.75, 3.05) is 31.3 Å². The molecule has 1 heterocycles. The molecule has 4 nitrogen and oxygen atoms in total. The van der Waals surface area contributed by atoms with E-state index in [4.69, 9.17) is 4.74 Å². The monoisotopic (exact) mass is 320 g/mol. The zero-order valence-corrected chi connectivity index (χ0v) is 12.6. The zero-order valence-electron chi connectivity index (χ0n) is 12.6. The summed E-state index contributed by atoms with van der Waals surface area (Å²) in [5.74, 6) is -2.96. The Morgan fingerprint density at radius 3 is 2.43 bits per heavy atom. The maximum atomic E-state index is 13.8. The molecule has 3 rings (SSSR count). The molecule has 1 aliphatic rings. The summed E-state index contributed by atoms with van der Waals surface area (Å²) in [6.45, 7) is 2.78. The second kappa shape index (κ2) is 6.93. The normalized spacial score (nSPS) is 15.6. The lowest BCUT2D eigenvalue weighted by molar-refractivity contribution is 0.0304. The number of halogens is 2. The van der Waals surface area contributed by atoms with Crippen LogP contribution in [0, 0.1) is 11.6 Å². The third kappa shape index (κ3) is 3.43. The van der Waals surface area contributed by atoms with Crippen molar-refractivity contribution in [2.45, 2.75) is 6.54 Å². The van der Waals surface area contributed by atoms with E-state index in [1.165, 1.54) is 6.07 Å². The first kappa shape index (κ1) is 15.7. The standard InChI is InChI=1S/C17H18F2N2O2/c18-14-6-7-15(17(22)16(14)19)21(20-8-10-23-11-9-20)12-13-4-2-1-3-5-13/h1-7,22H,8-12H2. The van der Waals surface area contributed by atoms with Crippen LogP contribution in [-0.2, 0) is 11.3 Å². The third-order valence-electron chi connectivity index (χ3n) is 3.83. The van der Waals surface area contributed by atoms with Gasteiger partial charge in [-0.25, -0.2) is 9.40 Å². The van der Waals surface area contributed by atoms with Crippen molar-refractivity contribution >= 4 is 5.69 Å². The molecule has 0 aromatic heterocycles. The Hall–Kier alpha value is -2.18. The van der Waals surface area contributed by atoms with Crippen molar-refractivity contribution in [3.8, 4) is 5.75 Å². The van der Waals surface area contributed by atoms with Crippen LogP contribution in [0.2, 0.25) is 0 Å². The Bertz CT molecular complexity index is 661. The fraction of sp³-hybridized carbons (Fsp3) is 0.294. The fourth-order valence-corrected chi connectivity index (χ4v) is 2.63. The van der Waals surface area contributed by atoms with Crippen molar-refractivity contribution in [3.63, 3.8) is 0 Å². The number of hydrogen-bond acceptors (Lipinski definition) is 4. The minimum Gasteiger partial charge on any atom is -0.503 e. The Labute approximate surface area is 133 Å². The van der Waals surface area contributed by atoms with Gasteiger partial charge in [-0.15, -0.1) is 0 Å². The van der Waals surface area contributed by atoms with Crippen LogP contribution in [0.15, 0.2) is 42.5 Å². The first-order valence-electron chi connectivity index (χ1n) is 7.48. The van der Waals surface area contributed by atoms with Crippen LogP contribution in [0.1, 0.15) is 5.56 Å². The van der Waals surface area contributed by atoms with Gasteiger partial charge in [0.1, 0.15) is 0 Å². The SMILES string of the molecule is Oc1c(N(Cc2ccccc2)N2CCOCC2)ccc(F)c1F. The molecule has 0 spiro atoms. The molecule has 1 saturated heterocycles. The molecule has 2 aromatic rings. The average Bonchev–Trinajstić information content (AvgIpc) is 2.60. The van der Waals surface area contributed by atoms with Crippen molar-refractivity contribution < 1.29 is 18.6 Å². The van der Waals surface area contributed by atoms with Gasteiger partial charge in [0.2, 0.25) is 5.82 Å². The first-order chi connectivity index (χ1) is 11.2. The third-order valence-corrected chi connectivity index (χ3v) is 3.83. The molecule has 1 aliphatic heterocycles. The van der Waals surface area contributed by atoms with Gasteiger partial charge in [-0.1, -0.05) is 30.3 Å². The van der Waals surface area contributed by atoms with Crippen molar-refractivity contribution in [3.05, 3.63) is 59.7 Å². The molecule has 122 valence electrons. The van der Waals surface area contributed by atoms with Gasteiger partial charge >= 0.3 is 0 Å². The number of aromatic hydroxyl groups is 1. The lowest BCUT2D eigenvalue weighted by Gasteiger charge is -2.39. The van der Waals surface area contributed by atoms with Gasteiger partial charge in [-0.2, -0.15) is 4.39 Å². The smallest absolute Gasteiger partial charge is 0.202 e. The van der Waals surface area contributed by atoms with Gasteiger partial charge in [0, 0.05) is 13.1 Å². The predicted molar refractivity (Wildman–Crippen MR) is 83.0 cm³/mol.